The normalized spacial score (nSPS) is 19.8. The average Bonchev–Trinajstić information content (AvgIpc) is 2.74. The van der Waals surface area contributed by atoms with E-state index in [9.17, 15) is 9.59 Å². The van der Waals surface area contributed by atoms with Gasteiger partial charge in [-0.2, -0.15) is 0 Å². The molecule has 1 N–H and O–H groups in total. The lowest BCUT2D eigenvalue weighted by molar-refractivity contribution is -0.139. The standard InChI is InChI=1S/C10H13N3O4S/c1-6-9(18-12-11-6)10(16)13-2-3-17-5-7(13)4-8(14)15/h7H,2-5H2,1H3,(H,14,15). The number of carboxylic acid groups (broad SMARTS) is 1. The predicted molar refractivity (Wildman–Crippen MR) is 62.5 cm³/mol. The maximum absolute atomic E-state index is 12.3. The lowest BCUT2D eigenvalue weighted by Crippen LogP contribution is -2.49. The smallest absolute Gasteiger partial charge is 0.305 e. The van der Waals surface area contributed by atoms with Crippen LogP contribution in [0.15, 0.2) is 0 Å². The summed E-state index contributed by atoms with van der Waals surface area (Å²) in [5, 5.41) is 12.6. The Morgan fingerprint density at radius 1 is 1.61 bits per heavy atom. The molecule has 0 bridgehead atoms. The first-order valence-electron chi connectivity index (χ1n) is 5.49. The van der Waals surface area contributed by atoms with Crippen LogP contribution in [0.1, 0.15) is 21.8 Å². The number of rotatable bonds is 3. The number of aryl methyl sites for hydroxylation is 1. The molecule has 0 aliphatic carbocycles. The van der Waals surface area contributed by atoms with Crippen molar-refractivity contribution >= 4 is 23.4 Å². The minimum absolute atomic E-state index is 0.114. The largest absolute Gasteiger partial charge is 0.481 e. The van der Waals surface area contributed by atoms with Crippen molar-refractivity contribution in [2.75, 3.05) is 19.8 Å². The molecule has 0 radical (unpaired) electrons. The van der Waals surface area contributed by atoms with Crippen molar-refractivity contribution < 1.29 is 19.4 Å². The molecule has 1 atom stereocenters. The van der Waals surface area contributed by atoms with Gasteiger partial charge in [0.25, 0.3) is 5.91 Å². The van der Waals surface area contributed by atoms with Crippen LogP contribution in [0.4, 0.5) is 0 Å². The minimum atomic E-state index is -0.942. The van der Waals surface area contributed by atoms with E-state index in [2.05, 4.69) is 9.59 Å². The fourth-order valence-corrected chi connectivity index (χ4v) is 2.46. The Kier molecular flexibility index (Phi) is 3.87. The van der Waals surface area contributed by atoms with Crippen molar-refractivity contribution in [3.8, 4) is 0 Å². The van der Waals surface area contributed by atoms with Gasteiger partial charge in [0.15, 0.2) is 0 Å². The molecule has 1 saturated heterocycles. The van der Waals surface area contributed by atoms with Gasteiger partial charge in [-0.05, 0) is 18.5 Å². The molecule has 0 aromatic carbocycles. The maximum atomic E-state index is 12.3. The van der Waals surface area contributed by atoms with Gasteiger partial charge in [0.1, 0.15) is 4.88 Å². The highest BCUT2D eigenvalue weighted by molar-refractivity contribution is 7.07. The van der Waals surface area contributed by atoms with Crippen LogP contribution in [0.2, 0.25) is 0 Å². The van der Waals surface area contributed by atoms with Gasteiger partial charge in [-0.3, -0.25) is 9.59 Å². The lowest BCUT2D eigenvalue weighted by Gasteiger charge is -2.34. The third kappa shape index (κ3) is 2.65. The highest BCUT2D eigenvalue weighted by Gasteiger charge is 2.31. The van der Waals surface area contributed by atoms with Crippen LogP contribution in [0, 0.1) is 6.92 Å². The second-order valence-electron chi connectivity index (χ2n) is 4.01. The van der Waals surface area contributed by atoms with Crippen molar-refractivity contribution in [1.29, 1.82) is 0 Å². The molecule has 0 saturated carbocycles. The Balaban J connectivity index is 2.16. The lowest BCUT2D eigenvalue weighted by atomic mass is 10.1. The van der Waals surface area contributed by atoms with E-state index in [1.807, 2.05) is 0 Å². The Morgan fingerprint density at radius 3 is 3.00 bits per heavy atom. The van der Waals surface area contributed by atoms with Crippen molar-refractivity contribution in [2.45, 2.75) is 19.4 Å². The molecule has 1 unspecified atom stereocenters. The van der Waals surface area contributed by atoms with Gasteiger partial charge in [-0.25, -0.2) is 0 Å². The number of amides is 1. The number of hydrogen-bond acceptors (Lipinski definition) is 6. The van der Waals surface area contributed by atoms with Gasteiger partial charge in [0.05, 0.1) is 31.4 Å². The van der Waals surface area contributed by atoms with E-state index in [0.29, 0.717) is 23.7 Å². The Morgan fingerprint density at radius 2 is 2.39 bits per heavy atom. The van der Waals surface area contributed by atoms with E-state index in [-0.39, 0.29) is 18.9 Å². The molecule has 1 aromatic rings. The van der Waals surface area contributed by atoms with Crippen LogP contribution in [0.5, 0.6) is 0 Å². The molecule has 1 aliphatic heterocycles. The summed E-state index contributed by atoms with van der Waals surface area (Å²) in [5.41, 5.74) is 0.575. The maximum Gasteiger partial charge on any atom is 0.305 e. The number of nitrogens with zero attached hydrogens (tertiary/aromatic N) is 3. The molecule has 2 rings (SSSR count). The monoisotopic (exact) mass is 271 g/mol. The second-order valence-corrected chi connectivity index (χ2v) is 4.77. The van der Waals surface area contributed by atoms with Crippen LogP contribution in [-0.2, 0) is 9.53 Å². The first-order chi connectivity index (χ1) is 8.59. The molecule has 98 valence electrons. The van der Waals surface area contributed by atoms with E-state index >= 15 is 0 Å². The molecule has 1 aromatic heterocycles. The zero-order valence-electron chi connectivity index (χ0n) is 9.83. The van der Waals surface area contributed by atoms with Crippen molar-refractivity contribution in [2.24, 2.45) is 0 Å². The van der Waals surface area contributed by atoms with Crippen LogP contribution in [0.25, 0.3) is 0 Å². The van der Waals surface area contributed by atoms with E-state index in [0.717, 1.165) is 11.5 Å². The molecule has 8 heteroatoms. The van der Waals surface area contributed by atoms with E-state index in [1.165, 1.54) is 0 Å². The summed E-state index contributed by atoms with van der Waals surface area (Å²) in [6, 6.07) is -0.426. The fourth-order valence-electron chi connectivity index (χ4n) is 1.85. The fraction of sp³-hybridized carbons (Fsp3) is 0.600. The van der Waals surface area contributed by atoms with Gasteiger partial charge in [-0.1, -0.05) is 4.49 Å². The van der Waals surface area contributed by atoms with Gasteiger partial charge < -0.3 is 14.7 Å². The molecule has 1 aliphatic rings. The molecule has 1 amide bonds. The number of aromatic nitrogens is 2. The predicted octanol–water partition coefficient (Wildman–Crippen LogP) is 0.162. The highest BCUT2D eigenvalue weighted by atomic mass is 32.1. The molecule has 18 heavy (non-hydrogen) atoms. The molecule has 1 fully saturated rings. The first kappa shape index (κ1) is 12.9. The number of carboxylic acids is 1. The molecule has 7 nitrogen and oxygen atoms in total. The third-order valence-corrected chi connectivity index (χ3v) is 3.56. The van der Waals surface area contributed by atoms with Crippen molar-refractivity contribution in [1.82, 2.24) is 14.5 Å². The summed E-state index contributed by atoms with van der Waals surface area (Å²) in [6.07, 6.45) is -0.114. The SMILES string of the molecule is Cc1nnsc1C(=O)N1CCOCC1CC(=O)O. The van der Waals surface area contributed by atoms with Gasteiger partial charge >= 0.3 is 5.97 Å². The minimum Gasteiger partial charge on any atom is -0.481 e. The first-order valence-corrected chi connectivity index (χ1v) is 6.26. The Labute approximate surface area is 108 Å². The van der Waals surface area contributed by atoms with Crippen LogP contribution in [-0.4, -0.2) is 57.3 Å². The number of ether oxygens (including phenoxy) is 1. The van der Waals surface area contributed by atoms with Crippen LogP contribution >= 0.6 is 11.5 Å². The second kappa shape index (κ2) is 5.40. The van der Waals surface area contributed by atoms with Gasteiger partial charge in [0, 0.05) is 6.54 Å². The van der Waals surface area contributed by atoms with E-state index < -0.39 is 12.0 Å². The number of aliphatic carboxylic acids is 1. The van der Waals surface area contributed by atoms with Gasteiger partial charge in [-0.15, -0.1) is 5.10 Å². The van der Waals surface area contributed by atoms with E-state index in [1.54, 1.807) is 11.8 Å². The van der Waals surface area contributed by atoms with Crippen LogP contribution in [0.3, 0.4) is 0 Å². The number of morpholine rings is 1. The topological polar surface area (TPSA) is 92.6 Å². The Hall–Kier alpha value is -1.54. The summed E-state index contributed by atoms with van der Waals surface area (Å²) in [6.45, 7) is 2.79. The molecular formula is C10H13N3O4S. The molecule has 2 heterocycles. The number of carbonyl (C=O) groups is 2. The van der Waals surface area contributed by atoms with Crippen molar-refractivity contribution in [3.63, 3.8) is 0 Å². The summed E-state index contributed by atoms with van der Waals surface area (Å²) in [7, 11) is 0. The average molecular weight is 271 g/mol. The summed E-state index contributed by atoms with van der Waals surface area (Å²) in [4.78, 5) is 25.1. The summed E-state index contributed by atoms with van der Waals surface area (Å²) in [5.74, 6) is -1.15. The Bertz CT molecular complexity index is 462. The van der Waals surface area contributed by atoms with Crippen molar-refractivity contribution in [3.05, 3.63) is 10.6 Å². The van der Waals surface area contributed by atoms with Crippen LogP contribution < -0.4 is 0 Å². The summed E-state index contributed by atoms with van der Waals surface area (Å²) < 4.78 is 8.95. The quantitative estimate of drug-likeness (QED) is 0.842. The highest BCUT2D eigenvalue weighted by Crippen LogP contribution is 2.18. The number of hydrogen-bond donors (Lipinski definition) is 1. The zero-order chi connectivity index (χ0) is 13.1. The van der Waals surface area contributed by atoms with E-state index in [4.69, 9.17) is 9.84 Å². The molecular weight excluding hydrogens is 258 g/mol. The zero-order valence-corrected chi connectivity index (χ0v) is 10.6. The summed E-state index contributed by atoms with van der Waals surface area (Å²) >= 11 is 1.03. The third-order valence-electron chi connectivity index (χ3n) is 2.74. The molecule has 0 spiro atoms. The number of carbonyl (C=O) groups excluding carboxylic acids is 1. The van der Waals surface area contributed by atoms with Gasteiger partial charge in [0.2, 0.25) is 0 Å².